The van der Waals surface area contributed by atoms with E-state index in [4.69, 9.17) is 9.72 Å². The summed E-state index contributed by atoms with van der Waals surface area (Å²) in [5.41, 5.74) is 4.29. The number of ether oxygens (including phenoxy) is 1. The van der Waals surface area contributed by atoms with Crippen LogP contribution in [0.3, 0.4) is 0 Å². The lowest BCUT2D eigenvalue weighted by molar-refractivity contribution is 0.245. The number of alkyl halides is 1. The Balaban J connectivity index is 1.45. The summed E-state index contributed by atoms with van der Waals surface area (Å²) in [7, 11) is 1.68. The fourth-order valence-corrected chi connectivity index (χ4v) is 3.75. The molecule has 0 unspecified atom stereocenters. The third-order valence-corrected chi connectivity index (χ3v) is 5.40. The van der Waals surface area contributed by atoms with Gasteiger partial charge in [0, 0.05) is 49.4 Å². The van der Waals surface area contributed by atoms with E-state index in [1.165, 1.54) is 5.69 Å². The molecule has 2 heterocycles. The second kappa shape index (κ2) is 8.57. The Morgan fingerprint density at radius 2 is 1.75 bits per heavy atom. The summed E-state index contributed by atoms with van der Waals surface area (Å²) in [5, 5.41) is 1.07. The van der Waals surface area contributed by atoms with Gasteiger partial charge >= 0.3 is 0 Å². The topological polar surface area (TPSA) is 28.6 Å². The normalized spacial score (nSPS) is 15.1. The van der Waals surface area contributed by atoms with Crippen molar-refractivity contribution < 1.29 is 9.13 Å². The minimum Gasteiger partial charge on any atom is -0.497 e. The van der Waals surface area contributed by atoms with Gasteiger partial charge in [-0.15, -0.1) is 0 Å². The lowest BCUT2D eigenvalue weighted by Gasteiger charge is -2.36. The van der Waals surface area contributed by atoms with Crippen molar-refractivity contribution in [1.29, 1.82) is 0 Å². The minimum atomic E-state index is -0.224. The average molecular weight is 379 g/mol. The Labute approximate surface area is 165 Å². The molecular formula is C23H26FN3O. The standard InChI is InChI=1S/C23H26FN3O/c1-28-21-8-10-23-19(17-21)5-9-22(25-23)18-3-6-20(7-4-18)27-15-13-26(14-16-27)12-2-11-24/h3-10,17H,2,11-16H2,1H3. The number of benzene rings is 2. The van der Waals surface area contributed by atoms with Crippen molar-refractivity contribution in [2.45, 2.75) is 6.42 Å². The molecule has 146 valence electrons. The fraction of sp³-hybridized carbons (Fsp3) is 0.348. The molecule has 1 aliphatic rings. The highest BCUT2D eigenvalue weighted by molar-refractivity contribution is 5.83. The van der Waals surface area contributed by atoms with Crippen molar-refractivity contribution in [3.05, 3.63) is 54.6 Å². The van der Waals surface area contributed by atoms with E-state index in [1.54, 1.807) is 7.11 Å². The molecule has 1 fully saturated rings. The van der Waals surface area contributed by atoms with Crippen LogP contribution in [0.2, 0.25) is 0 Å². The molecular weight excluding hydrogens is 353 g/mol. The van der Waals surface area contributed by atoms with E-state index in [2.05, 4.69) is 46.2 Å². The first kappa shape index (κ1) is 18.7. The molecule has 0 atom stereocenters. The minimum absolute atomic E-state index is 0.224. The van der Waals surface area contributed by atoms with Gasteiger partial charge in [-0.3, -0.25) is 9.29 Å². The average Bonchev–Trinajstić information content (AvgIpc) is 2.77. The van der Waals surface area contributed by atoms with E-state index < -0.39 is 0 Å². The highest BCUT2D eigenvalue weighted by atomic mass is 19.1. The van der Waals surface area contributed by atoms with Crippen molar-refractivity contribution in [3.8, 4) is 17.0 Å². The molecule has 0 amide bonds. The van der Waals surface area contributed by atoms with Crippen LogP contribution in [-0.4, -0.2) is 56.4 Å². The van der Waals surface area contributed by atoms with E-state index in [-0.39, 0.29) is 6.67 Å². The summed E-state index contributed by atoms with van der Waals surface area (Å²) in [5.74, 6) is 0.844. The molecule has 4 rings (SSSR count). The number of halogens is 1. The van der Waals surface area contributed by atoms with Crippen molar-refractivity contribution in [3.63, 3.8) is 0 Å². The maximum atomic E-state index is 12.3. The molecule has 2 aromatic carbocycles. The summed E-state index contributed by atoms with van der Waals surface area (Å²) in [6.07, 6.45) is 0.639. The van der Waals surface area contributed by atoms with Crippen LogP contribution in [0, 0.1) is 0 Å². The van der Waals surface area contributed by atoms with Gasteiger partial charge in [0.25, 0.3) is 0 Å². The molecule has 1 saturated heterocycles. The van der Waals surface area contributed by atoms with E-state index in [0.29, 0.717) is 6.42 Å². The first-order valence-electron chi connectivity index (χ1n) is 9.85. The van der Waals surface area contributed by atoms with E-state index in [1.807, 2.05) is 18.2 Å². The maximum Gasteiger partial charge on any atom is 0.119 e. The fourth-order valence-electron chi connectivity index (χ4n) is 3.75. The van der Waals surface area contributed by atoms with E-state index in [0.717, 1.165) is 60.6 Å². The number of anilines is 1. The van der Waals surface area contributed by atoms with Gasteiger partial charge < -0.3 is 9.64 Å². The molecule has 1 aliphatic heterocycles. The zero-order valence-electron chi connectivity index (χ0n) is 16.3. The van der Waals surface area contributed by atoms with Crippen LogP contribution in [0.4, 0.5) is 10.1 Å². The van der Waals surface area contributed by atoms with Crippen LogP contribution < -0.4 is 9.64 Å². The van der Waals surface area contributed by atoms with E-state index >= 15 is 0 Å². The third-order valence-electron chi connectivity index (χ3n) is 5.40. The largest absolute Gasteiger partial charge is 0.497 e. The van der Waals surface area contributed by atoms with Gasteiger partial charge in [0.05, 0.1) is 25.0 Å². The Morgan fingerprint density at radius 3 is 2.46 bits per heavy atom. The van der Waals surface area contributed by atoms with E-state index in [9.17, 15) is 4.39 Å². The molecule has 3 aromatic rings. The zero-order chi connectivity index (χ0) is 19.3. The summed E-state index contributed by atoms with van der Waals surface area (Å²) in [6, 6.07) is 18.7. The molecule has 0 saturated carbocycles. The lowest BCUT2D eigenvalue weighted by Crippen LogP contribution is -2.46. The van der Waals surface area contributed by atoms with Gasteiger partial charge in [-0.2, -0.15) is 0 Å². The van der Waals surface area contributed by atoms with Crippen LogP contribution in [0.25, 0.3) is 22.2 Å². The molecule has 0 spiro atoms. The van der Waals surface area contributed by atoms with Crippen LogP contribution in [0.5, 0.6) is 5.75 Å². The van der Waals surface area contributed by atoms with Gasteiger partial charge in [-0.05, 0) is 42.8 Å². The molecule has 0 aliphatic carbocycles. The Morgan fingerprint density at radius 1 is 0.964 bits per heavy atom. The van der Waals surface area contributed by atoms with Crippen LogP contribution in [0.15, 0.2) is 54.6 Å². The van der Waals surface area contributed by atoms with Gasteiger partial charge in [-0.1, -0.05) is 18.2 Å². The number of methoxy groups -OCH3 is 1. The van der Waals surface area contributed by atoms with Gasteiger partial charge in [-0.25, -0.2) is 4.98 Å². The van der Waals surface area contributed by atoms with Crippen molar-refractivity contribution >= 4 is 16.6 Å². The number of hydrogen-bond acceptors (Lipinski definition) is 4. The molecule has 0 bridgehead atoms. The molecule has 0 radical (unpaired) electrons. The third kappa shape index (κ3) is 4.09. The molecule has 4 nitrogen and oxygen atoms in total. The first-order valence-corrected chi connectivity index (χ1v) is 9.85. The predicted molar refractivity (Wildman–Crippen MR) is 113 cm³/mol. The number of nitrogens with zero attached hydrogens (tertiary/aromatic N) is 3. The number of fused-ring (bicyclic) bond motifs is 1. The predicted octanol–water partition coefficient (Wildman–Crippen LogP) is 4.39. The molecule has 5 heteroatoms. The number of aromatic nitrogens is 1. The van der Waals surface area contributed by atoms with Crippen molar-refractivity contribution in [2.24, 2.45) is 0 Å². The molecule has 1 aromatic heterocycles. The Bertz CT molecular complexity index is 921. The summed E-state index contributed by atoms with van der Waals surface area (Å²) < 4.78 is 17.6. The second-order valence-electron chi connectivity index (χ2n) is 7.17. The first-order chi connectivity index (χ1) is 13.8. The van der Waals surface area contributed by atoms with Crippen LogP contribution in [0.1, 0.15) is 6.42 Å². The highest BCUT2D eigenvalue weighted by Gasteiger charge is 2.16. The molecule has 28 heavy (non-hydrogen) atoms. The molecule has 0 N–H and O–H groups in total. The Hall–Kier alpha value is -2.66. The highest BCUT2D eigenvalue weighted by Crippen LogP contribution is 2.26. The van der Waals surface area contributed by atoms with Gasteiger partial charge in [0.2, 0.25) is 0 Å². The summed E-state index contributed by atoms with van der Waals surface area (Å²) in [6.45, 7) is 4.61. The van der Waals surface area contributed by atoms with Crippen molar-refractivity contribution in [1.82, 2.24) is 9.88 Å². The van der Waals surface area contributed by atoms with Crippen LogP contribution >= 0.6 is 0 Å². The summed E-state index contributed by atoms with van der Waals surface area (Å²) in [4.78, 5) is 9.54. The number of rotatable bonds is 6. The smallest absolute Gasteiger partial charge is 0.119 e. The van der Waals surface area contributed by atoms with Gasteiger partial charge in [0.1, 0.15) is 5.75 Å². The second-order valence-corrected chi connectivity index (χ2v) is 7.17. The zero-order valence-corrected chi connectivity index (χ0v) is 16.3. The van der Waals surface area contributed by atoms with Crippen molar-refractivity contribution in [2.75, 3.05) is 51.4 Å². The van der Waals surface area contributed by atoms with Gasteiger partial charge in [0.15, 0.2) is 0 Å². The number of pyridine rings is 1. The number of piperazine rings is 1. The summed E-state index contributed by atoms with van der Waals surface area (Å²) >= 11 is 0. The quantitative estimate of drug-likeness (QED) is 0.635. The maximum absolute atomic E-state index is 12.3. The Kier molecular flexibility index (Phi) is 5.72. The SMILES string of the molecule is COc1ccc2nc(-c3ccc(N4CCN(CCCF)CC4)cc3)ccc2c1. The lowest BCUT2D eigenvalue weighted by atomic mass is 10.1. The number of hydrogen-bond donors (Lipinski definition) is 0. The van der Waals surface area contributed by atoms with Crippen LogP contribution in [-0.2, 0) is 0 Å². The monoisotopic (exact) mass is 379 g/mol.